The average molecular weight is 485 g/mol. The van der Waals surface area contributed by atoms with Crippen molar-refractivity contribution in [2.24, 2.45) is 0 Å². The Labute approximate surface area is 188 Å². The number of hydrogen-bond donors (Lipinski definition) is 1. The minimum atomic E-state index is -3.90. The van der Waals surface area contributed by atoms with E-state index >= 15 is 0 Å². The molecule has 7 nitrogen and oxygen atoms in total. The number of aryl methyl sites for hydroxylation is 2. The Bertz CT molecular complexity index is 1210. The first kappa shape index (κ1) is 23.7. The maximum absolute atomic E-state index is 12.9. The second-order valence-corrected chi connectivity index (χ2v) is 12.2. The number of nitrogens with one attached hydrogen (secondary N) is 1. The van der Waals surface area contributed by atoms with Gasteiger partial charge in [-0.3, -0.25) is 4.79 Å². The average Bonchev–Trinajstić information content (AvgIpc) is 2.64. The highest BCUT2D eigenvalue weighted by Gasteiger charge is 2.40. The third kappa shape index (κ3) is 4.64. The van der Waals surface area contributed by atoms with Gasteiger partial charge in [0.05, 0.1) is 16.3 Å². The molecular weight excluding hydrogens is 460 g/mol. The number of sulfonamides is 1. The standard InChI is InChI=1S/C21H25ClN2O5S2/c1-13-9-14(2)16(4)21(15(13)3)31(28,29)23-10-20(25)24-11-19(12-24)30(26,27)18-7-5-17(22)6-8-18/h5-9,19,23H,10-12H2,1-4H3. The number of carbonyl (C=O) groups is 1. The van der Waals surface area contributed by atoms with E-state index in [9.17, 15) is 21.6 Å². The van der Waals surface area contributed by atoms with Crippen molar-refractivity contribution in [2.75, 3.05) is 19.6 Å². The van der Waals surface area contributed by atoms with Gasteiger partial charge in [-0.1, -0.05) is 17.7 Å². The Morgan fingerprint density at radius 1 is 1.00 bits per heavy atom. The van der Waals surface area contributed by atoms with Crippen molar-refractivity contribution in [3.63, 3.8) is 0 Å². The summed E-state index contributed by atoms with van der Waals surface area (Å²) in [6.45, 7) is 6.77. The molecule has 3 rings (SSSR count). The molecule has 0 saturated carbocycles. The molecule has 10 heteroatoms. The van der Waals surface area contributed by atoms with Gasteiger partial charge in [-0.2, -0.15) is 0 Å². The fourth-order valence-corrected chi connectivity index (χ4v) is 6.94. The summed E-state index contributed by atoms with van der Waals surface area (Å²) in [4.78, 5) is 14.1. The molecule has 1 fully saturated rings. The molecule has 168 valence electrons. The minimum Gasteiger partial charge on any atom is -0.339 e. The van der Waals surface area contributed by atoms with E-state index in [-0.39, 0.29) is 22.9 Å². The number of likely N-dealkylation sites (tertiary alicyclic amines) is 1. The Hall–Kier alpha value is -1.94. The zero-order valence-electron chi connectivity index (χ0n) is 17.8. The summed E-state index contributed by atoms with van der Waals surface area (Å²) < 4.78 is 53.4. The molecule has 1 N–H and O–H groups in total. The highest BCUT2D eigenvalue weighted by Crippen LogP contribution is 2.27. The molecule has 0 bridgehead atoms. The van der Waals surface area contributed by atoms with Gasteiger partial charge in [0.1, 0.15) is 5.25 Å². The summed E-state index contributed by atoms with van der Waals surface area (Å²) in [5.41, 5.74) is 2.99. The Kier molecular flexibility index (Phi) is 6.53. The number of sulfone groups is 1. The molecule has 0 spiro atoms. The molecule has 2 aromatic rings. The van der Waals surface area contributed by atoms with Gasteiger partial charge in [0.15, 0.2) is 9.84 Å². The first-order valence-corrected chi connectivity index (χ1v) is 13.1. The van der Waals surface area contributed by atoms with Gasteiger partial charge in [-0.05, 0) is 74.2 Å². The molecule has 0 atom stereocenters. The number of rotatable bonds is 6. The van der Waals surface area contributed by atoms with Crippen LogP contribution in [-0.2, 0) is 24.7 Å². The largest absolute Gasteiger partial charge is 0.339 e. The van der Waals surface area contributed by atoms with Crippen molar-refractivity contribution < 1.29 is 21.6 Å². The Morgan fingerprint density at radius 3 is 2.03 bits per heavy atom. The zero-order chi connectivity index (χ0) is 23.1. The molecule has 0 radical (unpaired) electrons. The SMILES string of the molecule is Cc1cc(C)c(C)c(S(=O)(=O)NCC(=O)N2CC(S(=O)(=O)c3ccc(Cl)cc3)C2)c1C. The summed E-state index contributed by atoms with van der Waals surface area (Å²) in [6, 6.07) is 7.80. The number of amides is 1. The second-order valence-electron chi connectivity index (χ2n) is 7.83. The van der Waals surface area contributed by atoms with Crippen LogP contribution in [0.5, 0.6) is 0 Å². The number of halogens is 1. The van der Waals surface area contributed by atoms with E-state index in [1.165, 1.54) is 29.2 Å². The summed E-state index contributed by atoms with van der Waals surface area (Å²) in [5, 5.41) is -0.288. The lowest BCUT2D eigenvalue weighted by Crippen LogP contribution is -2.58. The lowest BCUT2D eigenvalue weighted by Gasteiger charge is -2.38. The van der Waals surface area contributed by atoms with Crippen molar-refractivity contribution >= 4 is 37.4 Å². The lowest BCUT2D eigenvalue weighted by molar-refractivity contribution is -0.133. The van der Waals surface area contributed by atoms with E-state index in [2.05, 4.69) is 4.72 Å². The molecule has 0 aliphatic carbocycles. The van der Waals surface area contributed by atoms with Gasteiger partial charge in [0.25, 0.3) is 0 Å². The number of hydrogen-bond acceptors (Lipinski definition) is 5. The summed E-state index contributed by atoms with van der Waals surface area (Å²) >= 11 is 5.80. The predicted octanol–water partition coefficient (Wildman–Crippen LogP) is 2.54. The van der Waals surface area contributed by atoms with E-state index < -0.39 is 37.6 Å². The minimum absolute atomic E-state index is 0.0210. The van der Waals surface area contributed by atoms with E-state index in [1.807, 2.05) is 19.9 Å². The number of benzene rings is 2. The highest BCUT2D eigenvalue weighted by atomic mass is 35.5. The molecule has 1 aliphatic heterocycles. The zero-order valence-corrected chi connectivity index (χ0v) is 20.2. The van der Waals surface area contributed by atoms with Crippen LogP contribution in [0.15, 0.2) is 40.1 Å². The van der Waals surface area contributed by atoms with Gasteiger partial charge in [0, 0.05) is 18.1 Å². The van der Waals surface area contributed by atoms with Gasteiger partial charge < -0.3 is 4.90 Å². The predicted molar refractivity (Wildman–Crippen MR) is 120 cm³/mol. The van der Waals surface area contributed by atoms with E-state index in [4.69, 9.17) is 11.6 Å². The van der Waals surface area contributed by atoms with Crippen LogP contribution in [0.3, 0.4) is 0 Å². The summed E-state index contributed by atoms with van der Waals surface area (Å²) in [7, 11) is -7.48. The van der Waals surface area contributed by atoms with Gasteiger partial charge >= 0.3 is 0 Å². The van der Waals surface area contributed by atoms with Crippen molar-refractivity contribution in [3.05, 3.63) is 57.6 Å². The van der Waals surface area contributed by atoms with Gasteiger partial charge in [-0.15, -0.1) is 0 Å². The molecule has 0 aromatic heterocycles. The van der Waals surface area contributed by atoms with Crippen molar-refractivity contribution in [2.45, 2.75) is 42.7 Å². The molecule has 1 saturated heterocycles. The topological polar surface area (TPSA) is 101 Å². The molecule has 1 aliphatic rings. The highest BCUT2D eigenvalue weighted by molar-refractivity contribution is 7.92. The van der Waals surface area contributed by atoms with Gasteiger partial charge in [-0.25, -0.2) is 21.6 Å². The molecular formula is C21H25ClN2O5S2. The van der Waals surface area contributed by atoms with Crippen LogP contribution < -0.4 is 4.72 Å². The monoisotopic (exact) mass is 484 g/mol. The summed E-state index contributed by atoms with van der Waals surface area (Å²) in [5.74, 6) is -0.467. The second kappa shape index (κ2) is 8.54. The first-order valence-electron chi connectivity index (χ1n) is 9.69. The molecule has 1 heterocycles. The third-order valence-electron chi connectivity index (χ3n) is 5.76. The molecule has 0 unspecified atom stereocenters. The number of nitrogens with zero attached hydrogens (tertiary/aromatic N) is 1. The molecule has 2 aromatic carbocycles. The van der Waals surface area contributed by atoms with Gasteiger partial charge in [0.2, 0.25) is 15.9 Å². The van der Waals surface area contributed by atoms with Crippen molar-refractivity contribution in [1.29, 1.82) is 0 Å². The van der Waals surface area contributed by atoms with Crippen LogP contribution >= 0.6 is 11.6 Å². The lowest BCUT2D eigenvalue weighted by atomic mass is 10.0. The van der Waals surface area contributed by atoms with Crippen LogP contribution in [-0.4, -0.2) is 52.5 Å². The smallest absolute Gasteiger partial charge is 0.241 e. The Balaban J connectivity index is 1.65. The molecule has 31 heavy (non-hydrogen) atoms. The normalized spacial score (nSPS) is 15.1. The fraction of sp³-hybridized carbons (Fsp3) is 0.381. The van der Waals surface area contributed by atoms with E-state index in [1.54, 1.807) is 13.8 Å². The Morgan fingerprint density at radius 2 is 1.52 bits per heavy atom. The van der Waals surface area contributed by atoms with Crippen LogP contribution in [0.4, 0.5) is 0 Å². The summed E-state index contributed by atoms with van der Waals surface area (Å²) in [6.07, 6.45) is 0. The van der Waals surface area contributed by atoms with Crippen LogP contribution in [0.1, 0.15) is 22.3 Å². The van der Waals surface area contributed by atoms with Crippen LogP contribution in [0, 0.1) is 27.7 Å². The first-order chi connectivity index (χ1) is 14.3. The van der Waals surface area contributed by atoms with E-state index in [0.29, 0.717) is 16.1 Å². The van der Waals surface area contributed by atoms with Crippen LogP contribution in [0.25, 0.3) is 0 Å². The van der Waals surface area contributed by atoms with Crippen molar-refractivity contribution in [3.8, 4) is 0 Å². The number of carbonyl (C=O) groups excluding carboxylic acids is 1. The fourth-order valence-electron chi connectivity index (χ4n) is 3.58. The van der Waals surface area contributed by atoms with Crippen LogP contribution in [0.2, 0.25) is 5.02 Å². The van der Waals surface area contributed by atoms with E-state index in [0.717, 1.165) is 11.1 Å². The third-order valence-corrected chi connectivity index (χ3v) is 9.79. The quantitative estimate of drug-likeness (QED) is 0.679. The van der Waals surface area contributed by atoms with Crippen molar-refractivity contribution in [1.82, 2.24) is 9.62 Å². The maximum Gasteiger partial charge on any atom is 0.241 e. The molecule has 1 amide bonds. The maximum atomic E-state index is 12.9.